The highest BCUT2D eigenvalue weighted by molar-refractivity contribution is 5.93. The van der Waals surface area contributed by atoms with Crippen molar-refractivity contribution in [3.05, 3.63) is 53.5 Å². The molecule has 0 aliphatic carbocycles. The predicted molar refractivity (Wildman–Crippen MR) is 85.3 cm³/mol. The van der Waals surface area contributed by atoms with Gasteiger partial charge >= 0.3 is 5.97 Å². The summed E-state index contributed by atoms with van der Waals surface area (Å²) in [5, 5.41) is 2.81. The van der Waals surface area contributed by atoms with Gasteiger partial charge in [-0.25, -0.2) is 4.79 Å². The van der Waals surface area contributed by atoms with E-state index in [0.29, 0.717) is 24.3 Å². The van der Waals surface area contributed by atoms with Gasteiger partial charge in [-0.3, -0.25) is 4.79 Å². The van der Waals surface area contributed by atoms with Gasteiger partial charge in [-0.2, -0.15) is 0 Å². The van der Waals surface area contributed by atoms with Crippen molar-refractivity contribution in [2.24, 2.45) is 0 Å². The molecule has 1 atom stereocenters. The Hall–Kier alpha value is -2.60. The monoisotopic (exact) mass is 317 g/mol. The number of benzene rings is 1. The summed E-state index contributed by atoms with van der Waals surface area (Å²) >= 11 is 0. The van der Waals surface area contributed by atoms with Crippen LogP contribution in [0.4, 0.5) is 5.69 Å². The first-order valence-electron chi connectivity index (χ1n) is 7.33. The molecule has 0 radical (unpaired) electrons. The minimum absolute atomic E-state index is 0.100. The molecule has 1 amide bonds. The van der Waals surface area contributed by atoms with Gasteiger partial charge in [0.25, 0.3) is 5.91 Å². The quantitative estimate of drug-likeness (QED) is 0.781. The van der Waals surface area contributed by atoms with Gasteiger partial charge in [0.15, 0.2) is 12.3 Å². The Bertz CT molecular complexity index is 676. The van der Waals surface area contributed by atoms with Crippen LogP contribution in [0.25, 0.3) is 0 Å². The number of aryl methyl sites for hydroxylation is 1. The van der Waals surface area contributed by atoms with Crippen LogP contribution < -0.4 is 10.2 Å². The summed E-state index contributed by atoms with van der Waals surface area (Å²) in [6.07, 6.45) is 0. The largest absolute Gasteiger partial charge is 0.465 e. The number of ether oxygens (including phenoxy) is 1. The summed E-state index contributed by atoms with van der Waals surface area (Å²) in [6, 6.07) is 10.4. The molecule has 1 heterocycles. The number of anilines is 1. The number of quaternary nitrogens is 1. The van der Waals surface area contributed by atoms with Crippen LogP contribution in [-0.2, 0) is 16.1 Å². The third-order valence-electron chi connectivity index (χ3n) is 3.32. The number of hydrogen-bond donors (Lipinski definition) is 2. The Labute approximate surface area is 135 Å². The lowest BCUT2D eigenvalue weighted by Crippen LogP contribution is -3.08. The Balaban J connectivity index is 1.85. The molecule has 6 nitrogen and oxygen atoms in total. The third-order valence-corrected chi connectivity index (χ3v) is 3.32. The molecule has 2 aromatic rings. The maximum Gasteiger partial charge on any atom is 0.337 e. The van der Waals surface area contributed by atoms with Crippen LogP contribution in [0.15, 0.2) is 40.8 Å². The molecule has 1 unspecified atom stereocenters. The molecule has 6 heteroatoms. The first-order valence-corrected chi connectivity index (χ1v) is 7.33. The van der Waals surface area contributed by atoms with Crippen LogP contribution >= 0.6 is 0 Å². The van der Waals surface area contributed by atoms with E-state index in [9.17, 15) is 9.59 Å². The number of likely N-dealkylation sites (N-methyl/N-ethyl adjacent to an activating group) is 1. The fourth-order valence-corrected chi connectivity index (χ4v) is 2.23. The molecule has 2 N–H and O–H groups in total. The lowest BCUT2D eigenvalue weighted by atomic mass is 10.2. The van der Waals surface area contributed by atoms with Crippen molar-refractivity contribution in [1.82, 2.24) is 0 Å². The molecule has 23 heavy (non-hydrogen) atoms. The second-order valence-electron chi connectivity index (χ2n) is 5.44. The maximum atomic E-state index is 12.0. The summed E-state index contributed by atoms with van der Waals surface area (Å²) in [7, 11) is 3.26. The number of methoxy groups -OCH3 is 1. The molecule has 0 saturated heterocycles. The SMILES string of the molecule is COC(=O)c1ccc(NC(=O)C[NH+](C)Cc2ccc(C)o2)cc1. The molecular formula is C17H21N2O4+. The molecule has 1 aromatic heterocycles. The molecule has 1 aromatic carbocycles. The van der Waals surface area contributed by atoms with Crippen molar-refractivity contribution in [2.75, 3.05) is 26.0 Å². The average molecular weight is 317 g/mol. The number of carbonyl (C=O) groups is 2. The van der Waals surface area contributed by atoms with Gasteiger partial charge in [0.2, 0.25) is 0 Å². The van der Waals surface area contributed by atoms with E-state index in [1.165, 1.54) is 7.11 Å². The van der Waals surface area contributed by atoms with Crippen LogP contribution in [0.2, 0.25) is 0 Å². The number of furan rings is 1. The molecule has 2 rings (SSSR count). The minimum Gasteiger partial charge on any atom is -0.465 e. The predicted octanol–water partition coefficient (Wildman–Crippen LogP) is 1.03. The fourth-order valence-electron chi connectivity index (χ4n) is 2.23. The number of rotatable bonds is 6. The molecule has 122 valence electrons. The van der Waals surface area contributed by atoms with Gasteiger partial charge in [0.1, 0.15) is 12.3 Å². The average Bonchev–Trinajstić information content (AvgIpc) is 2.91. The van der Waals surface area contributed by atoms with E-state index in [0.717, 1.165) is 16.4 Å². The Morgan fingerprint density at radius 1 is 1.17 bits per heavy atom. The molecule has 0 saturated carbocycles. The van der Waals surface area contributed by atoms with Crippen molar-refractivity contribution in [2.45, 2.75) is 13.5 Å². The van der Waals surface area contributed by atoms with E-state index in [1.54, 1.807) is 24.3 Å². The zero-order chi connectivity index (χ0) is 16.8. The number of hydrogen-bond acceptors (Lipinski definition) is 4. The van der Waals surface area contributed by atoms with E-state index in [-0.39, 0.29) is 5.91 Å². The van der Waals surface area contributed by atoms with E-state index in [1.807, 2.05) is 26.1 Å². The summed E-state index contributed by atoms with van der Waals surface area (Å²) in [5.74, 6) is 1.22. The van der Waals surface area contributed by atoms with Crippen molar-refractivity contribution < 1.29 is 23.6 Å². The van der Waals surface area contributed by atoms with Crippen molar-refractivity contribution in [3.63, 3.8) is 0 Å². The van der Waals surface area contributed by atoms with Crippen LogP contribution in [0.1, 0.15) is 21.9 Å². The van der Waals surface area contributed by atoms with Crippen molar-refractivity contribution in [3.8, 4) is 0 Å². The Morgan fingerprint density at radius 3 is 2.43 bits per heavy atom. The number of nitrogens with one attached hydrogen (secondary N) is 2. The van der Waals surface area contributed by atoms with Gasteiger partial charge < -0.3 is 19.4 Å². The second-order valence-corrected chi connectivity index (χ2v) is 5.44. The lowest BCUT2D eigenvalue weighted by molar-refractivity contribution is -0.886. The highest BCUT2D eigenvalue weighted by Gasteiger charge is 2.13. The number of carbonyl (C=O) groups excluding carboxylic acids is 2. The maximum absolute atomic E-state index is 12.0. The highest BCUT2D eigenvalue weighted by Crippen LogP contribution is 2.10. The molecule has 0 aliphatic heterocycles. The van der Waals surface area contributed by atoms with Gasteiger partial charge in [-0.15, -0.1) is 0 Å². The topological polar surface area (TPSA) is 73.0 Å². The standard InChI is InChI=1S/C17H20N2O4/c1-12-4-9-15(23-12)10-19(2)11-16(20)18-14-7-5-13(6-8-14)17(21)22-3/h4-9H,10-11H2,1-3H3,(H,18,20)/p+1. The van der Waals surface area contributed by atoms with Crippen LogP contribution in [0.5, 0.6) is 0 Å². The zero-order valence-corrected chi connectivity index (χ0v) is 13.5. The van der Waals surface area contributed by atoms with Crippen molar-refractivity contribution in [1.29, 1.82) is 0 Å². The Kier molecular flexibility index (Phi) is 5.54. The second kappa shape index (κ2) is 7.60. The first-order chi connectivity index (χ1) is 11.0. The summed E-state index contributed by atoms with van der Waals surface area (Å²) in [6.45, 7) is 2.85. The van der Waals surface area contributed by atoms with Gasteiger partial charge in [-0.05, 0) is 43.3 Å². The van der Waals surface area contributed by atoms with Crippen LogP contribution in [0.3, 0.4) is 0 Å². The third kappa shape index (κ3) is 4.96. The van der Waals surface area contributed by atoms with Crippen LogP contribution in [0, 0.1) is 6.92 Å². The zero-order valence-electron chi connectivity index (χ0n) is 13.5. The van der Waals surface area contributed by atoms with Crippen LogP contribution in [-0.4, -0.2) is 32.6 Å². The number of amides is 1. The molecule has 0 spiro atoms. The van der Waals surface area contributed by atoms with E-state index in [4.69, 9.17) is 4.42 Å². The highest BCUT2D eigenvalue weighted by atomic mass is 16.5. The van der Waals surface area contributed by atoms with Crippen molar-refractivity contribution >= 4 is 17.6 Å². The lowest BCUT2D eigenvalue weighted by Gasteiger charge is -2.12. The normalized spacial score (nSPS) is 11.8. The Morgan fingerprint density at radius 2 is 1.87 bits per heavy atom. The van der Waals surface area contributed by atoms with E-state index < -0.39 is 5.97 Å². The van der Waals surface area contributed by atoms with Gasteiger partial charge in [0.05, 0.1) is 19.7 Å². The van der Waals surface area contributed by atoms with Gasteiger partial charge in [0, 0.05) is 5.69 Å². The molecule has 0 bridgehead atoms. The number of esters is 1. The molecular weight excluding hydrogens is 296 g/mol. The fraction of sp³-hybridized carbons (Fsp3) is 0.294. The smallest absolute Gasteiger partial charge is 0.337 e. The summed E-state index contributed by atoms with van der Waals surface area (Å²) in [5.41, 5.74) is 1.09. The summed E-state index contributed by atoms with van der Waals surface area (Å²) < 4.78 is 10.1. The first kappa shape index (κ1) is 16.8. The minimum atomic E-state index is -0.402. The van der Waals surface area contributed by atoms with E-state index >= 15 is 0 Å². The van der Waals surface area contributed by atoms with Gasteiger partial charge in [-0.1, -0.05) is 0 Å². The summed E-state index contributed by atoms with van der Waals surface area (Å²) in [4.78, 5) is 24.4. The molecule has 0 aliphatic rings. The van der Waals surface area contributed by atoms with E-state index in [2.05, 4.69) is 10.1 Å². The molecule has 0 fully saturated rings.